The van der Waals surface area contributed by atoms with Gasteiger partial charge in [-0.05, 0) is 13.0 Å². The number of hydrogen-bond donors (Lipinski definition) is 1. The Morgan fingerprint density at radius 2 is 2.00 bits per heavy atom. The fraction of sp³-hybridized carbons (Fsp3) is 1.00. The molecule has 0 fully saturated rings. The number of aliphatic hydroxyl groups excluding tert-OH is 1. The Kier molecular flexibility index (Phi) is 7.81. The smallest absolute Gasteiger partial charge is 0.0558 e. The zero-order valence-corrected chi connectivity index (χ0v) is 8.10. The van der Waals surface area contributed by atoms with Crippen molar-refractivity contribution >= 4 is 15.9 Å². The molecular weight excluding hydrogens is 194 g/mol. The van der Waals surface area contributed by atoms with Crippen molar-refractivity contribution < 1.29 is 5.11 Å². The fourth-order valence-electron chi connectivity index (χ4n) is 0.913. The van der Waals surface area contributed by atoms with Crippen LogP contribution >= 0.6 is 15.9 Å². The number of halogens is 1. The average molecular weight is 210 g/mol. The Hall–Kier alpha value is 0.400. The van der Waals surface area contributed by atoms with Gasteiger partial charge in [0.05, 0.1) is 6.61 Å². The first-order chi connectivity index (χ1) is 4.85. The molecule has 0 aliphatic rings. The molecule has 0 spiro atoms. The van der Waals surface area contributed by atoms with E-state index >= 15 is 0 Å². The minimum Gasteiger partial charge on any atom is -0.395 e. The van der Waals surface area contributed by atoms with Gasteiger partial charge in [0, 0.05) is 18.4 Å². The molecule has 2 nitrogen and oxygen atoms in total. The molecule has 0 saturated carbocycles. The topological polar surface area (TPSA) is 23.5 Å². The number of rotatable bonds is 6. The molecule has 0 aliphatic heterocycles. The van der Waals surface area contributed by atoms with Crippen molar-refractivity contribution in [2.45, 2.75) is 13.3 Å². The highest BCUT2D eigenvalue weighted by Gasteiger charge is 1.99. The van der Waals surface area contributed by atoms with Crippen LogP contribution in [0.2, 0.25) is 0 Å². The van der Waals surface area contributed by atoms with Gasteiger partial charge in [0.15, 0.2) is 0 Å². The summed E-state index contributed by atoms with van der Waals surface area (Å²) >= 11 is 3.37. The van der Waals surface area contributed by atoms with Crippen molar-refractivity contribution in [3.8, 4) is 0 Å². The number of alkyl halides is 1. The molecule has 0 aromatic rings. The average Bonchev–Trinajstić information content (AvgIpc) is 1.90. The molecule has 10 heavy (non-hydrogen) atoms. The molecule has 0 saturated heterocycles. The van der Waals surface area contributed by atoms with Crippen molar-refractivity contribution in [1.82, 2.24) is 4.90 Å². The van der Waals surface area contributed by atoms with Gasteiger partial charge in [-0.2, -0.15) is 0 Å². The number of nitrogens with zero attached hydrogens (tertiary/aromatic N) is 1. The second-order valence-corrected chi connectivity index (χ2v) is 3.05. The largest absolute Gasteiger partial charge is 0.395 e. The van der Waals surface area contributed by atoms with Gasteiger partial charge in [-0.1, -0.05) is 22.9 Å². The van der Waals surface area contributed by atoms with Gasteiger partial charge in [0.25, 0.3) is 0 Å². The minimum atomic E-state index is 0.271. The van der Waals surface area contributed by atoms with Crippen LogP contribution in [0.4, 0.5) is 0 Å². The van der Waals surface area contributed by atoms with Crippen molar-refractivity contribution in [3.63, 3.8) is 0 Å². The molecule has 0 bridgehead atoms. The van der Waals surface area contributed by atoms with Crippen molar-refractivity contribution in [3.05, 3.63) is 0 Å². The summed E-state index contributed by atoms with van der Waals surface area (Å²) in [6.45, 7) is 5.35. The van der Waals surface area contributed by atoms with E-state index in [9.17, 15) is 0 Å². The first-order valence-corrected chi connectivity index (χ1v) is 4.86. The van der Waals surface area contributed by atoms with Gasteiger partial charge < -0.3 is 10.0 Å². The second kappa shape index (κ2) is 7.51. The van der Waals surface area contributed by atoms with Crippen molar-refractivity contribution in [2.75, 3.05) is 31.6 Å². The Morgan fingerprint density at radius 1 is 1.30 bits per heavy atom. The molecule has 0 rings (SSSR count). The summed E-state index contributed by atoms with van der Waals surface area (Å²) in [6.07, 6.45) is 1.16. The Morgan fingerprint density at radius 3 is 2.40 bits per heavy atom. The van der Waals surface area contributed by atoms with E-state index in [0.717, 1.165) is 31.4 Å². The van der Waals surface area contributed by atoms with Crippen LogP contribution in [-0.4, -0.2) is 41.6 Å². The highest BCUT2D eigenvalue weighted by molar-refractivity contribution is 9.09. The number of aliphatic hydroxyl groups is 1. The molecule has 0 unspecified atom stereocenters. The summed E-state index contributed by atoms with van der Waals surface area (Å²) in [7, 11) is 0. The Labute approximate surface area is 71.4 Å². The van der Waals surface area contributed by atoms with Gasteiger partial charge in [-0.3, -0.25) is 0 Å². The molecule has 0 heterocycles. The third kappa shape index (κ3) is 5.21. The standard InChI is InChI=1S/C7H16BrNO/c1-2-4-9(5-3-8)6-7-10/h10H,2-7H2,1H3. The van der Waals surface area contributed by atoms with E-state index in [4.69, 9.17) is 5.11 Å². The van der Waals surface area contributed by atoms with Gasteiger partial charge >= 0.3 is 0 Å². The zero-order valence-electron chi connectivity index (χ0n) is 6.52. The van der Waals surface area contributed by atoms with Crippen LogP contribution in [0.25, 0.3) is 0 Å². The summed E-state index contributed by atoms with van der Waals surface area (Å²) in [4.78, 5) is 2.24. The fourth-order valence-corrected chi connectivity index (χ4v) is 1.41. The summed E-state index contributed by atoms with van der Waals surface area (Å²) in [5.41, 5.74) is 0. The molecular formula is C7H16BrNO. The predicted octanol–water partition coefficient (Wildman–Crippen LogP) is 1.09. The minimum absolute atomic E-state index is 0.271. The quantitative estimate of drug-likeness (QED) is 0.663. The van der Waals surface area contributed by atoms with Crippen molar-refractivity contribution in [2.24, 2.45) is 0 Å². The summed E-state index contributed by atoms with van der Waals surface area (Å²) in [5, 5.41) is 9.63. The van der Waals surface area contributed by atoms with E-state index in [1.54, 1.807) is 0 Å². The SMILES string of the molecule is CCCN(CCO)CCBr. The highest BCUT2D eigenvalue weighted by atomic mass is 79.9. The molecule has 3 heteroatoms. The monoisotopic (exact) mass is 209 g/mol. The van der Waals surface area contributed by atoms with Crippen LogP contribution in [0, 0.1) is 0 Å². The molecule has 0 aromatic carbocycles. The van der Waals surface area contributed by atoms with E-state index < -0.39 is 0 Å². The van der Waals surface area contributed by atoms with Crippen LogP contribution in [0.3, 0.4) is 0 Å². The van der Waals surface area contributed by atoms with Crippen molar-refractivity contribution in [1.29, 1.82) is 0 Å². The molecule has 62 valence electrons. The van der Waals surface area contributed by atoms with Crippen LogP contribution in [0.5, 0.6) is 0 Å². The predicted molar refractivity (Wildman–Crippen MR) is 47.6 cm³/mol. The Balaban J connectivity index is 3.30. The number of hydrogen-bond acceptors (Lipinski definition) is 2. The molecule has 1 N–H and O–H groups in total. The molecule has 0 aromatic heterocycles. The lowest BCUT2D eigenvalue weighted by atomic mass is 10.4. The lowest BCUT2D eigenvalue weighted by molar-refractivity contribution is 0.203. The third-order valence-corrected chi connectivity index (χ3v) is 1.71. The normalized spacial score (nSPS) is 10.8. The second-order valence-electron chi connectivity index (χ2n) is 2.25. The summed E-state index contributed by atoms with van der Waals surface area (Å²) in [5.74, 6) is 0. The molecule has 0 atom stereocenters. The van der Waals surface area contributed by atoms with E-state index in [-0.39, 0.29) is 6.61 Å². The summed E-state index contributed by atoms with van der Waals surface area (Å²) < 4.78 is 0. The molecule has 0 radical (unpaired) electrons. The summed E-state index contributed by atoms with van der Waals surface area (Å²) in [6, 6.07) is 0. The maximum Gasteiger partial charge on any atom is 0.0558 e. The van der Waals surface area contributed by atoms with E-state index in [1.807, 2.05) is 0 Å². The van der Waals surface area contributed by atoms with E-state index in [2.05, 4.69) is 27.8 Å². The van der Waals surface area contributed by atoms with Crippen LogP contribution < -0.4 is 0 Å². The third-order valence-electron chi connectivity index (χ3n) is 1.36. The van der Waals surface area contributed by atoms with Gasteiger partial charge in [0.1, 0.15) is 0 Å². The first kappa shape index (κ1) is 10.4. The maximum absolute atomic E-state index is 8.63. The van der Waals surface area contributed by atoms with E-state index in [0.29, 0.717) is 0 Å². The Bertz CT molecular complexity index is 56.4. The lowest BCUT2D eigenvalue weighted by Crippen LogP contribution is -2.29. The molecule has 0 amide bonds. The highest BCUT2D eigenvalue weighted by Crippen LogP contribution is 1.92. The van der Waals surface area contributed by atoms with Gasteiger partial charge in [-0.15, -0.1) is 0 Å². The maximum atomic E-state index is 8.63. The lowest BCUT2D eigenvalue weighted by Gasteiger charge is -2.18. The zero-order chi connectivity index (χ0) is 7.82. The first-order valence-electron chi connectivity index (χ1n) is 3.74. The van der Waals surface area contributed by atoms with Crippen LogP contribution in [-0.2, 0) is 0 Å². The van der Waals surface area contributed by atoms with Crippen LogP contribution in [0.15, 0.2) is 0 Å². The molecule has 0 aliphatic carbocycles. The van der Waals surface area contributed by atoms with E-state index in [1.165, 1.54) is 0 Å². The van der Waals surface area contributed by atoms with Gasteiger partial charge in [-0.25, -0.2) is 0 Å². The van der Waals surface area contributed by atoms with Crippen LogP contribution in [0.1, 0.15) is 13.3 Å². The van der Waals surface area contributed by atoms with Gasteiger partial charge in [0.2, 0.25) is 0 Å².